The summed E-state index contributed by atoms with van der Waals surface area (Å²) in [5.74, 6) is 0.574. The Morgan fingerprint density at radius 2 is 1.67 bits per heavy atom. The van der Waals surface area contributed by atoms with Crippen LogP contribution in [0.2, 0.25) is 0 Å². The average Bonchev–Trinajstić information content (AvgIpc) is 2.24. The van der Waals surface area contributed by atoms with Crippen molar-refractivity contribution < 1.29 is 9.13 Å². The number of nitrogen functional groups attached to an aromatic ring is 1. The molecule has 0 unspecified atom stereocenters. The van der Waals surface area contributed by atoms with Gasteiger partial charge in [-0.3, -0.25) is 0 Å². The molecule has 4 heteroatoms. The van der Waals surface area contributed by atoms with Gasteiger partial charge in [0.1, 0.15) is 11.6 Å². The summed E-state index contributed by atoms with van der Waals surface area (Å²) in [4.78, 5) is 0. The number of hydrogen-bond donors (Lipinski definition) is 1. The summed E-state index contributed by atoms with van der Waals surface area (Å²) in [5, 5.41) is 0. The van der Waals surface area contributed by atoms with Gasteiger partial charge in [-0.05, 0) is 59.1 Å². The first-order chi connectivity index (χ1) is 8.45. The number of aryl methyl sites for hydroxylation is 2. The van der Waals surface area contributed by atoms with Crippen molar-refractivity contribution in [3.63, 3.8) is 0 Å². The van der Waals surface area contributed by atoms with E-state index in [2.05, 4.69) is 15.9 Å². The molecule has 0 aromatic heterocycles. The highest BCUT2D eigenvalue weighted by Crippen LogP contribution is 2.32. The first-order valence-corrected chi connectivity index (χ1v) is 6.25. The number of nitrogens with two attached hydrogens (primary N) is 1. The highest BCUT2D eigenvalue weighted by atomic mass is 79.9. The highest BCUT2D eigenvalue weighted by molar-refractivity contribution is 9.10. The Morgan fingerprint density at radius 1 is 1.06 bits per heavy atom. The topological polar surface area (TPSA) is 35.2 Å². The first kappa shape index (κ1) is 12.9. The molecule has 0 saturated carbocycles. The van der Waals surface area contributed by atoms with Gasteiger partial charge in [0.05, 0.1) is 10.2 Å². The van der Waals surface area contributed by atoms with Gasteiger partial charge in [-0.15, -0.1) is 0 Å². The number of rotatable bonds is 2. The van der Waals surface area contributed by atoms with Crippen LogP contribution in [0.5, 0.6) is 11.5 Å². The van der Waals surface area contributed by atoms with Gasteiger partial charge in [0.25, 0.3) is 0 Å². The largest absolute Gasteiger partial charge is 0.455 e. The van der Waals surface area contributed by atoms with E-state index >= 15 is 0 Å². The molecule has 0 fully saturated rings. The third kappa shape index (κ3) is 2.82. The molecule has 0 aliphatic carbocycles. The summed E-state index contributed by atoms with van der Waals surface area (Å²) >= 11 is 3.08. The smallest absolute Gasteiger partial charge is 0.153 e. The van der Waals surface area contributed by atoms with Crippen LogP contribution in [0.4, 0.5) is 10.1 Å². The van der Waals surface area contributed by atoms with Crippen LogP contribution in [-0.2, 0) is 0 Å². The van der Waals surface area contributed by atoms with Crippen molar-refractivity contribution in [2.75, 3.05) is 5.73 Å². The number of halogens is 2. The van der Waals surface area contributed by atoms with E-state index < -0.39 is 5.82 Å². The third-order valence-electron chi connectivity index (χ3n) is 2.48. The van der Waals surface area contributed by atoms with Crippen molar-refractivity contribution in [3.05, 3.63) is 51.7 Å². The Bertz CT molecular complexity index is 578. The van der Waals surface area contributed by atoms with Crippen LogP contribution in [0, 0.1) is 19.7 Å². The number of benzene rings is 2. The Balaban J connectivity index is 2.36. The van der Waals surface area contributed by atoms with E-state index in [1.54, 1.807) is 0 Å². The van der Waals surface area contributed by atoms with Crippen LogP contribution in [0.25, 0.3) is 0 Å². The summed E-state index contributed by atoms with van der Waals surface area (Å²) in [6.07, 6.45) is 0. The zero-order valence-corrected chi connectivity index (χ0v) is 11.7. The fourth-order valence-electron chi connectivity index (χ4n) is 1.75. The lowest BCUT2D eigenvalue weighted by molar-refractivity contribution is 0.478. The number of hydrogen-bond acceptors (Lipinski definition) is 2. The molecule has 0 radical (unpaired) electrons. The van der Waals surface area contributed by atoms with Gasteiger partial charge in [0, 0.05) is 6.07 Å². The van der Waals surface area contributed by atoms with Gasteiger partial charge >= 0.3 is 0 Å². The van der Waals surface area contributed by atoms with Crippen molar-refractivity contribution in [1.82, 2.24) is 0 Å². The Hall–Kier alpha value is -1.55. The maximum atomic E-state index is 13.4. The molecular formula is C14H13BrFNO. The van der Waals surface area contributed by atoms with E-state index in [-0.39, 0.29) is 0 Å². The van der Waals surface area contributed by atoms with Crippen LogP contribution in [0.3, 0.4) is 0 Å². The summed E-state index contributed by atoms with van der Waals surface area (Å²) in [5.41, 5.74) is 8.35. The predicted molar refractivity (Wildman–Crippen MR) is 74.5 cm³/mol. The minimum atomic E-state index is -0.399. The lowest BCUT2D eigenvalue weighted by Crippen LogP contribution is -1.94. The molecule has 0 spiro atoms. The highest BCUT2D eigenvalue weighted by Gasteiger charge is 2.08. The molecule has 0 aliphatic rings. The van der Waals surface area contributed by atoms with E-state index in [9.17, 15) is 4.39 Å². The van der Waals surface area contributed by atoms with Gasteiger partial charge in [-0.25, -0.2) is 4.39 Å². The fraction of sp³-hybridized carbons (Fsp3) is 0.143. The zero-order valence-electron chi connectivity index (χ0n) is 10.1. The van der Waals surface area contributed by atoms with Crippen LogP contribution >= 0.6 is 15.9 Å². The first-order valence-electron chi connectivity index (χ1n) is 5.46. The van der Waals surface area contributed by atoms with Crippen molar-refractivity contribution >= 4 is 21.6 Å². The second-order valence-electron chi connectivity index (χ2n) is 4.23. The standard InChI is InChI=1S/C14H13BrFNO/c1-8-3-9(2)5-10(4-8)18-14-7-12(16)11(15)6-13(14)17/h3-7H,17H2,1-2H3. The van der Waals surface area contributed by atoms with Crippen LogP contribution in [-0.4, -0.2) is 0 Å². The van der Waals surface area contributed by atoms with Crippen molar-refractivity contribution in [3.8, 4) is 11.5 Å². The maximum absolute atomic E-state index is 13.4. The monoisotopic (exact) mass is 309 g/mol. The number of anilines is 1. The van der Waals surface area contributed by atoms with Gasteiger partial charge in [0.15, 0.2) is 5.75 Å². The quantitative estimate of drug-likeness (QED) is 0.824. The van der Waals surface area contributed by atoms with Crippen molar-refractivity contribution in [1.29, 1.82) is 0 Å². The van der Waals surface area contributed by atoms with E-state index in [0.29, 0.717) is 21.7 Å². The summed E-state index contributed by atoms with van der Waals surface area (Å²) < 4.78 is 19.4. The fourth-order valence-corrected chi connectivity index (χ4v) is 2.11. The Labute approximate surface area is 114 Å². The van der Waals surface area contributed by atoms with Crippen LogP contribution in [0.1, 0.15) is 11.1 Å². The molecule has 0 heterocycles. The van der Waals surface area contributed by atoms with E-state index in [1.807, 2.05) is 32.0 Å². The average molecular weight is 310 g/mol. The molecule has 2 aromatic carbocycles. The molecule has 0 amide bonds. The molecule has 18 heavy (non-hydrogen) atoms. The van der Waals surface area contributed by atoms with Crippen molar-refractivity contribution in [2.24, 2.45) is 0 Å². The Morgan fingerprint density at radius 3 is 2.28 bits per heavy atom. The molecule has 0 saturated heterocycles. The molecule has 2 rings (SSSR count). The molecule has 2 nitrogen and oxygen atoms in total. The third-order valence-corrected chi connectivity index (χ3v) is 3.08. The van der Waals surface area contributed by atoms with Gasteiger partial charge in [0.2, 0.25) is 0 Å². The Kier molecular flexibility index (Phi) is 3.57. The molecular weight excluding hydrogens is 297 g/mol. The summed E-state index contributed by atoms with van der Waals surface area (Å²) in [7, 11) is 0. The minimum Gasteiger partial charge on any atom is -0.455 e. The second-order valence-corrected chi connectivity index (χ2v) is 5.08. The molecule has 0 atom stereocenters. The molecule has 2 N–H and O–H groups in total. The van der Waals surface area contributed by atoms with E-state index in [0.717, 1.165) is 11.1 Å². The van der Waals surface area contributed by atoms with Crippen molar-refractivity contribution in [2.45, 2.75) is 13.8 Å². The number of ether oxygens (including phenoxy) is 1. The predicted octanol–water partition coefficient (Wildman–Crippen LogP) is 4.58. The lowest BCUT2D eigenvalue weighted by Gasteiger charge is -2.10. The normalized spacial score (nSPS) is 10.4. The molecule has 94 valence electrons. The SMILES string of the molecule is Cc1cc(C)cc(Oc2cc(F)c(Br)cc2N)c1. The molecule has 0 bridgehead atoms. The van der Waals surface area contributed by atoms with Gasteiger partial charge in [-0.1, -0.05) is 6.07 Å². The molecule has 0 aliphatic heterocycles. The minimum absolute atomic E-state index is 0.320. The summed E-state index contributed by atoms with van der Waals surface area (Å²) in [6.45, 7) is 3.96. The maximum Gasteiger partial charge on any atom is 0.153 e. The van der Waals surface area contributed by atoms with Gasteiger partial charge < -0.3 is 10.5 Å². The zero-order chi connectivity index (χ0) is 13.3. The van der Waals surface area contributed by atoms with Gasteiger partial charge in [-0.2, -0.15) is 0 Å². The van der Waals surface area contributed by atoms with Crippen LogP contribution in [0.15, 0.2) is 34.8 Å². The van der Waals surface area contributed by atoms with E-state index in [4.69, 9.17) is 10.5 Å². The molecule has 2 aromatic rings. The van der Waals surface area contributed by atoms with Crippen LogP contribution < -0.4 is 10.5 Å². The second kappa shape index (κ2) is 4.98. The summed E-state index contributed by atoms with van der Waals surface area (Å²) in [6, 6.07) is 8.57. The lowest BCUT2D eigenvalue weighted by atomic mass is 10.1. The van der Waals surface area contributed by atoms with E-state index in [1.165, 1.54) is 12.1 Å².